The summed E-state index contributed by atoms with van der Waals surface area (Å²) < 4.78 is 10.5. The van der Waals surface area contributed by atoms with Crippen LogP contribution < -0.4 is 14.8 Å². The number of hydrogen-bond acceptors (Lipinski definition) is 7. The molecule has 0 saturated heterocycles. The Balaban J connectivity index is 1.63. The molecule has 0 aliphatic heterocycles. The maximum Gasteiger partial charge on any atom is 0.234 e. The van der Waals surface area contributed by atoms with Crippen LogP contribution >= 0.6 is 23.5 Å². The molecule has 0 aliphatic carbocycles. The molecule has 1 N–H and O–H groups in total. The van der Waals surface area contributed by atoms with Crippen molar-refractivity contribution in [2.45, 2.75) is 21.9 Å². The molecule has 150 valence electrons. The molecule has 3 rings (SSSR count). The van der Waals surface area contributed by atoms with E-state index in [9.17, 15) is 4.79 Å². The lowest BCUT2D eigenvalue weighted by atomic mass is 10.2. The number of amides is 1. The van der Waals surface area contributed by atoms with Gasteiger partial charge in [-0.2, -0.15) is 0 Å². The third-order valence-electron chi connectivity index (χ3n) is 3.84. The van der Waals surface area contributed by atoms with Crippen LogP contribution in [0.15, 0.2) is 69.8 Å². The van der Waals surface area contributed by atoms with Gasteiger partial charge in [0.15, 0.2) is 11.5 Å². The Hall–Kier alpha value is -2.71. The average molecular weight is 428 g/mol. The molecule has 0 bridgehead atoms. The minimum atomic E-state index is -0.139. The number of hydrogen-bond donors (Lipinski definition) is 1. The number of nitrogens with one attached hydrogen (secondary N) is 1. The molecular formula is C21H21N3O3S2. The van der Waals surface area contributed by atoms with Crippen molar-refractivity contribution in [1.82, 2.24) is 9.97 Å². The Labute approximate surface area is 178 Å². The summed E-state index contributed by atoms with van der Waals surface area (Å²) in [5, 5.41) is 4.37. The van der Waals surface area contributed by atoms with Crippen LogP contribution in [0.5, 0.6) is 11.5 Å². The van der Waals surface area contributed by atoms with E-state index in [0.29, 0.717) is 17.2 Å². The molecule has 0 radical (unpaired) electrons. The number of methoxy groups -OCH3 is 2. The van der Waals surface area contributed by atoms with E-state index < -0.39 is 0 Å². The van der Waals surface area contributed by atoms with Gasteiger partial charge in [0.1, 0.15) is 10.1 Å². The Morgan fingerprint density at radius 2 is 1.76 bits per heavy atom. The highest BCUT2D eigenvalue weighted by atomic mass is 32.2. The molecule has 0 spiro atoms. The Bertz CT molecular complexity index is 998. The fourth-order valence-electron chi connectivity index (χ4n) is 2.52. The number of carbonyl (C=O) groups is 1. The molecule has 0 aliphatic rings. The lowest BCUT2D eigenvalue weighted by molar-refractivity contribution is -0.113. The summed E-state index contributed by atoms with van der Waals surface area (Å²) in [6.07, 6.45) is 3.29. The van der Waals surface area contributed by atoms with Crippen molar-refractivity contribution in [3.63, 3.8) is 0 Å². The zero-order valence-electron chi connectivity index (χ0n) is 16.3. The van der Waals surface area contributed by atoms with Crippen LogP contribution in [0.4, 0.5) is 5.69 Å². The van der Waals surface area contributed by atoms with E-state index in [1.54, 1.807) is 44.8 Å². The van der Waals surface area contributed by atoms with Crippen LogP contribution in [0.3, 0.4) is 0 Å². The Morgan fingerprint density at radius 1 is 1.00 bits per heavy atom. The Morgan fingerprint density at radius 3 is 2.48 bits per heavy atom. The van der Waals surface area contributed by atoms with Gasteiger partial charge in [-0.1, -0.05) is 41.2 Å². The first-order valence-corrected chi connectivity index (χ1v) is 10.6. The normalized spacial score (nSPS) is 10.4. The second-order valence-corrected chi connectivity index (χ2v) is 8.02. The monoisotopic (exact) mass is 427 g/mol. The highest BCUT2D eigenvalue weighted by Crippen LogP contribution is 2.33. The van der Waals surface area contributed by atoms with Crippen molar-refractivity contribution in [1.29, 1.82) is 0 Å². The number of benzene rings is 2. The standard InChI is InChI=1S/C21H21N3O3S2/c1-14-5-4-6-16(11-14)29-21-20(22-9-10-23-21)28-13-19(25)24-15-7-8-17(26-2)18(12-15)27-3/h4-12H,13H2,1-3H3,(H,24,25). The molecule has 0 atom stereocenters. The maximum absolute atomic E-state index is 12.4. The predicted octanol–water partition coefficient (Wildman–Crippen LogP) is 4.68. The van der Waals surface area contributed by atoms with Gasteiger partial charge >= 0.3 is 0 Å². The van der Waals surface area contributed by atoms with Gasteiger partial charge in [0.2, 0.25) is 5.91 Å². The van der Waals surface area contributed by atoms with Gasteiger partial charge in [-0.15, -0.1) is 0 Å². The first-order chi connectivity index (χ1) is 14.1. The fraction of sp³-hybridized carbons (Fsp3) is 0.190. The number of nitrogens with zero attached hydrogens (tertiary/aromatic N) is 2. The van der Waals surface area contributed by atoms with Crippen LogP contribution in [0.1, 0.15) is 5.56 Å². The molecule has 0 unspecified atom stereocenters. The van der Waals surface area contributed by atoms with Gasteiger partial charge in [0, 0.05) is 29.0 Å². The van der Waals surface area contributed by atoms with Crippen molar-refractivity contribution < 1.29 is 14.3 Å². The Kier molecular flexibility index (Phi) is 7.37. The molecule has 1 amide bonds. The molecule has 3 aromatic rings. The van der Waals surface area contributed by atoms with Crippen LogP contribution in [0.25, 0.3) is 0 Å². The average Bonchev–Trinajstić information content (AvgIpc) is 2.73. The summed E-state index contributed by atoms with van der Waals surface area (Å²) in [4.78, 5) is 22.3. The van der Waals surface area contributed by atoms with Crippen molar-refractivity contribution in [3.8, 4) is 11.5 Å². The van der Waals surface area contributed by atoms with Crippen LogP contribution in [0, 0.1) is 6.92 Å². The van der Waals surface area contributed by atoms with E-state index in [-0.39, 0.29) is 11.7 Å². The molecular weight excluding hydrogens is 406 g/mol. The number of aromatic nitrogens is 2. The number of thioether (sulfide) groups is 1. The molecule has 2 aromatic carbocycles. The molecule has 8 heteroatoms. The van der Waals surface area contributed by atoms with E-state index in [2.05, 4.69) is 34.3 Å². The van der Waals surface area contributed by atoms with Crippen LogP contribution in [-0.2, 0) is 4.79 Å². The number of anilines is 1. The van der Waals surface area contributed by atoms with Crippen LogP contribution in [0.2, 0.25) is 0 Å². The zero-order valence-corrected chi connectivity index (χ0v) is 18.0. The second kappa shape index (κ2) is 10.2. The van der Waals surface area contributed by atoms with Crippen molar-refractivity contribution in [2.75, 3.05) is 25.3 Å². The van der Waals surface area contributed by atoms with E-state index in [4.69, 9.17) is 9.47 Å². The van der Waals surface area contributed by atoms with Gasteiger partial charge in [-0.25, -0.2) is 9.97 Å². The van der Waals surface area contributed by atoms with E-state index in [1.807, 2.05) is 12.1 Å². The van der Waals surface area contributed by atoms with E-state index in [0.717, 1.165) is 14.9 Å². The van der Waals surface area contributed by atoms with Crippen molar-refractivity contribution in [2.24, 2.45) is 0 Å². The number of carbonyl (C=O) groups excluding carboxylic acids is 1. The van der Waals surface area contributed by atoms with E-state index >= 15 is 0 Å². The topological polar surface area (TPSA) is 73.3 Å². The summed E-state index contributed by atoms with van der Waals surface area (Å²) in [7, 11) is 3.13. The molecule has 1 aromatic heterocycles. The minimum absolute atomic E-state index is 0.139. The number of rotatable bonds is 8. The van der Waals surface area contributed by atoms with Gasteiger partial charge in [0.25, 0.3) is 0 Å². The molecule has 6 nitrogen and oxygen atoms in total. The first-order valence-electron chi connectivity index (χ1n) is 8.79. The molecule has 0 saturated carbocycles. The summed E-state index contributed by atoms with van der Waals surface area (Å²) >= 11 is 2.89. The van der Waals surface area contributed by atoms with Gasteiger partial charge in [0.05, 0.1) is 20.0 Å². The summed E-state index contributed by atoms with van der Waals surface area (Å²) in [6.45, 7) is 2.05. The molecule has 1 heterocycles. The number of aryl methyl sites for hydroxylation is 1. The van der Waals surface area contributed by atoms with Crippen molar-refractivity contribution in [3.05, 3.63) is 60.4 Å². The minimum Gasteiger partial charge on any atom is -0.493 e. The smallest absolute Gasteiger partial charge is 0.234 e. The number of ether oxygens (including phenoxy) is 2. The molecule has 0 fully saturated rings. The highest BCUT2D eigenvalue weighted by molar-refractivity contribution is 8.02. The maximum atomic E-state index is 12.4. The summed E-state index contributed by atoms with van der Waals surface area (Å²) in [5.41, 5.74) is 1.82. The zero-order chi connectivity index (χ0) is 20.6. The highest BCUT2D eigenvalue weighted by Gasteiger charge is 2.12. The third-order valence-corrected chi connectivity index (χ3v) is 5.93. The van der Waals surface area contributed by atoms with Gasteiger partial charge in [-0.3, -0.25) is 4.79 Å². The fourth-order valence-corrected chi connectivity index (χ4v) is 4.34. The van der Waals surface area contributed by atoms with E-state index in [1.165, 1.54) is 29.1 Å². The van der Waals surface area contributed by atoms with Gasteiger partial charge < -0.3 is 14.8 Å². The van der Waals surface area contributed by atoms with Crippen LogP contribution in [-0.4, -0.2) is 35.8 Å². The summed E-state index contributed by atoms with van der Waals surface area (Å²) in [6, 6.07) is 13.4. The van der Waals surface area contributed by atoms with Crippen molar-refractivity contribution >= 4 is 35.1 Å². The second-order valence-electron chi connectivity index (χ2n) is 5.99. The third kappa shape index (κ3) is 5.88. The molecule has 29 heavy (non-hydrogen) atoms. The SMILES string of the molecule is COc1ccc(NC(=O)CSc2nccnc2Sc2cccc(C)c2)cc1OC. The lowest BCUT2D eigenvalue weighted by Gasteiger charge is -2.11. The summed E-state index contributed by atoms with van der Waals surface area (Å²) in [5.74, 6) is 1.24. The van der Waals surface area contributed by atoms with Gasteiger partial charge in [-0.05, 0) is 31.2 Å². The largest absolute Gasteiger partial charge is 0.493 e. The quantitative estimate of drug-likeness (QED) is 0.523. The predicted molar refractivity (Wildman–Crippen MR) is 116 cm³/mol. The first kappa shape index (κ1) is 21.0. The lowest BCUT2D eigenvalue weighted by Crippen LogP contribution is -2.14.